The van der Waals surface area contributed by atoms with Crippen LogP contribution in [0.2, 0.25) is 0 Å². The second kappa shape index (κ2) is 5.72. The van der Waals surface area contributed by atoms with Gasteiger partial charge in [-0.15, -0.1) is 0 Å². The van der Waals surface area contributed by atoms with Gasteiger partial charge in [0.2, 0.25) is 0 Å². The van der Waals surface area contributed by atoms with E-state index >= 15 is 0 Å². The Morgan fingerprint density at radius 3 is 2.89 bits per heavy atom. The Kier molecular flexibility index (Phi) is 3.67. The minimum absolute atomic E-state index is 0.170. The first-order chi connectivity index (χ1) is 13.4. The van der Waals surface area contributed by atoms with Gasteiger partial charge >= 0.3 is 5.97 Å². The van der Waals surface area contributed by atoms with Crippen molar-refractivity contribution in [3.05, 3.63) is 40.2 Å². The minimum atomic E-state index is -0.665. The quantitative estimate of drug-likeness (QED) is 0.468. The second-order valence-corrected chi connectivity index (χ2v) is 8.63. The van der Waals surface area contributed by atoms with Gasteiger partial charge in [-0.1, -0.05) is 12.1 Å². The number of hydroxylamine groups is 3. The molecule has 0 aromatic heterocycles. The molecule has 2 bridgehead atoms. The lowest BCUT2D eigenvalue weighted by atomic mass is 9.60. The van der Waals surface area contributed by atoms with Crippen LogP contribution in [0, 0.1) is 17.0 Å². The van der Waals surface area contributed by atoms with Crippen LogP contribution >= 0.6 is 0 Å². The topological polar surface area (TPSA) is 90.9 Å². The van der Waals surface area contributed by atoms with Crippen molar-refractivity contribution in [1.29, 1.82) is 0 Å². The van der Waals surface area contributed by atoms with Crippen LogP contribution < -0.4 is 10.1 Å². The first-order valence-electron chi connectivity index (χ1n) is 9.90. The van der Waals surface area contributed by atoms with E-state index in [1.54, 1.807) is 14.0 Å². The van der Waals surface area contributed by atoms with Gasteiger partial charge in [0.05, 0.1) is 50.1 Å². The number of quaternary nitrogens is 1. The Balaban J connectivity index is 1.81. The predicted molar refractivity (Wildman–Crippen MR) is 102 cm³/mol. The zero-order valence-electron chi connectivity index (χ0n) is 16.4. The fraction of sp³-hybridized carbons (Fsp3) is 0.571. The lowest BCUT2D eigenvalue weighted by Gasteiger charge is -2.57. The Labute approximate surface area is 164 Å². The average Bonchev–Trinajstić information content (AvgIpc) is 3.20. The maximum atomic E-state index is 13.9. The zero-order chi connectivity index (χ0) is 19.8. The molecule has 1 spiro atoms. The Bertz CT molecular complexity index is 897. The highest BCUT2D eigenvalue weighted by atomic mass is 16.6. The standard InChI is InChI=1S/C21H26N2O5/c1-11(24)13-10-23(26)8-7-21-14-5-4-6-15(27-2)18(14)22-19(21)17(20(25)28-3)12(13)9-16(21)23/h4-6,11-13,16,22,24H,7-10H2,1-3H3/t11-,12-,13-,16-,21?,23?/m0/s1. The number of hydrogen-bond donors (Lipinski definition) is 2. The number of fused-ring (bicyclic) bond motifs is 2. The van der Waals surface area contributed by atoms with Crippen LogP contribution in [0.4, 0.5) is 5.69 Å². The van der Waals surface area contributed by atoms with E-state index in [9.17, 15) is 15.1 Å². The smallest absolute Gasteiger partial charge is 0.335 e. The first-order valence-corrected chi connectivity index (χ1v) is 9.90. The highest BCUT2D eigenvalue weighted by Crippen LogP contribution is 2.64. The number of para-hydroxylation sites is 1. The molecular formula is C21H26N2O5. The molecule has 7 heteroatoms. The Morgan fingerprint density at radius 2 is 2.21 bits per heavy atom. The summed E-state index contributed by atoms with van der Waals surface area (Å²) in [5.74, 6) is -0.124. The number of benzene rings is 1. The molecule has 0 radical (unpaired) electrons. The van der Waals surface area contributed by atoms with Gasteiger partial charge in [-0.05, 0) is 18.6 Å². The number of methoxy groups -OCH3 is 2. The minimum Gasteiger partial charge on any atom is -0.633 e. The third kappa shape index (κ3) is 1.97. The average molecular weight is 386 g/mol. The van der Waals surface area contributed by atoms with Gasteiger partial charge in [-0.2, -0.15) is 0 Å². The molecule has 6 atom stereocenters. The first kappa shape index (κ1) is 18.0. The fourth-order valence-electron chi connectivity index (χ4n) is 6.46. The summed E-state index contributed by atoms with van der Waals surface area (Å²) in [6.07, 6.45) is 0.593. The molecule has 2 N–H and O–H groups in total. The third-order valence-electron chi connectivity index (χ3n) is 7.62. The van der Waals surface area contributed by atoms with Gasteiger partial charge in [0, 0.05) is 30.4 Å². The summed E-state index contributed by atoms with van der Waals surface area (Å²) >= 11 is 0. The van der Waals surface area contributed by atoms with Crippen LogP contribution in [-0.4, -0.2) is 55.2 Å². The highest BCUT2D eigenvalue weighted by molar-refractivity contribution is 5.94. The number of carbonyl (C=O) groups is 1. The van der Waals surface area contributed by atoms with E-state index in [4.69, 9.17) is 9.47 Å². The summed E-state index contributed by atoms with van der Waals surface area (Å²) in [4.78, 5) is 12.9. The van der Waals surface area contributed by atoms with Crippen molar-refractivity contribution in [2.75, 3.05) is 32.6 Å². The van der Waals surface area contributed by atoms with E-state index in [-0.39, 0.29) is 28.5 Å². The molecule has 3 aliphatic heterocycles. The molecule has 28 heavy (non-hydrogen) atoms. The van der Waals surface area contributed by atoms with Crippen LogP contribution in [0.3, 0.4) is 0 Å². The summed E-state index contributed by atoms with van der Waals surface area (Å²) in [7, 11) is 3.01. The molecule has 0 saturated carbocycles. The SMILES string of the molecule is COC(=O)C1=C2Nc3c(OC)cccc3C23CC[N+]2([O-])C[C@@H]([C@H](C)O)[C@@H]1C[C@@H]32. The number of hydrogen-bond acceptors (Lipinski definition) is 6. The second-order valence-electron chi connectivity index (χ2n) is 8.63. The molecule has 5 rings (SSSR count). The molecule has 2 saturated heterocycles. The largest absolute Gasteiger partial charge is 0.633 e. The number of aliphatic hydroxyl groups excluding tert-OH is 1. The lowest BCUT2D eigenvalue weighted by Crippen LogP contribution is -2.64. The van der Waals surface area contributed by atoms with E-state index in [0.717, 1.165) is 16.9 Å². The molecule has 2 unspecified atom stereocenters. The van der Waals surface area contributed by atoms with Crippen molar-refractivity contribution in [3.63, 3.8) is 0 Å². The lowest BCUT2D eigenvalue weighted by molar-refractivity contribution is -0.905. The number of ether oxygens (including phenoxy) is 2. The molecule has 1 aromatic carbocycles. The number of esters is 1. The molecule has 2 fully saturated rings. The molecule has 1 aromatic rings. The van der Waals surface area contributed by atoms with Crippen molar-refractivity contribution in [2.24, 2.45) is 11.8 Å². The number of rotatable bonds is 3. The summed E-state index contributed by atoms with van der Waals surface area (Å²) in [5, 5.41) is 27.8. The van der Waals surface area contributed by atoms with E-state index in [0.29, 0.717) is 37.3 Å². The summed E-state index contributed by atoms with van der Waals surface area (Å²) < 4.78 is 10.4. The molecular weight excluding hydrogens is 360 g/mol. The normalized spacial score (nSPS) is 38.4. The Morgan fingerprint density at radius 1 is 1.43 bits per heavy atom. The highest BCUT2D eigenvalue weighted by Gasteiger charge is 2.68. The maximum Gasteiger partial charge on any atom is 0.335 e. The van der Waals surface area contributed by atoms with Crippen LogP contribution in [0.1, 0.15) is 25.3 Å². The van der Waals surface area contributed by atoms with Crippen LogP contribution in [0.5, 0.6) is 5.75 Å². The monoisotopic (exact) mass is 386 g/mol. The van der Waals surface area contributed by atoms with Gasteiger partial charge < -0.3 is 29.8 Å². The summed E-state index contributed by atoms with van der Waals surface area (Å²) in [6, 6.07) is 5.71. The van der Waals surface area contributed by atoms with Crippen molar-refractivity contribution in [1.82, 2.24) is 0 Å². The molecule has 4 aliphatic rings. The summed E-state index contributed by atoms with van der Waals surface area (Å²) in [5.41, 5.74) is 2.75. The molecule has 150 valence electrons. The molecule has 0 amide bonds. The van der Waals surface area contributed by atoms with E-state index in [2.05, 4.69) is 5.32 Å². The van der Waals surface area contributed by atoms with E-state index < -0.39 is 11.5 Å². The summed E-state index contributed by atoms with van der Waals surface area (Å²) in [6.45, 7) is 2.53. The van der Waals surface area contributed by atoms with Crippen molar-refractivity contribution in [2.45, 2.75) is 37.3 Å². The number of carbonyl (C=O) groups excluding carboxylic acids is 1. The zero-order valence-corrected chi connectivity index (χ0v) is 16.4. The van der Waals surface area contributed by atoms with Gasteiger partial charge in [-0.3, -0.25) is 0 Å². The fourth-order valence-corrected chi connectivity index (χ4v) is 6.46. The van der Waals surface area contributed by atoms with Crippen LogP contribution in [-0.2, 0) is 14.9 Å². The molecule has 1 aliphatic carbocycles. The number of piperidine rings is 1. The molecule has 7 nitrogen and oxygen atoms in total. The van der Waals surface area contributed by atoms with Crippen molar-refractivity contribution >= 4 is 11.7 Å². The number of aliphatic hydroxyl groups is 1. The van der Waals surface area contributed by atoms with Crippen LogP contribution in [0.25, 0.3) is 0 Å². The van der Waals surface area contributed by atoms with Gasteiger partial charge in [0.25, 0.3) is 0 Å². The van der Waals surface area contributed by atoms with Crippen molar-refractivity contribution < 1.29 is 24.0 Å². The van der Waals surface area contributed by atoms with E-state index in [1.807, 2.05) is 18.2 Å². The predicted octanol–water partition coefficient (Wildman–Crippen LogP) is 1.90. The third-order valence-corrected chi connectivity index (χ3v) is 7.62. The van der Waals surface area contributed by atoms with Crippen molar-refractivity contribution in [3.8, 4) is 5.75 Å². The van der Waals surface area contributed by atoms with Gasteiger partial charge in [0.15, 0.2) is 0 Å². The number of nitrogens with zero attached hydrogens (tertiary/aromatic N) is 1. The number of anilines is 1. The van der Waals surface area contributed by atoms with E-state index in [1.165, 1.54) is 7.11 Å². The number of nitrogens with one attached hydrogen (secondary N) is 1. The van der Waals surface area contributed by atoms with Gasteiger partial charge in [0.1, 0.15) is 11.8 Å². The van der Waals surface area contributed by atoms with Crippen LogP contribution in [0.15, 0.2) is 29.5 Å². The Hall–Kier alpha value is -2.09. The van der Waals surface area contributed by atoms with Gasteiger partial charge in [-0.25, -0.2) is 4.79 Å². The maximum absolute atomic E-state index is 13.9. The molecule has 3 heterocycles.